The molecule has 1 aromatic carbocycles. The molecule has 1 N–H and O–H groups in total. The van der Waals surface area contributed by atoms with Crippen LogP contribution in [0.25, 0.3) is 0 Å². The molecular formula is C14H23BrN2O2. The number of benzene rings is 1. The van der Waals surface area contributed by atoms with Gasteiger partial charge in [0.1, 0.15) is 12.4 Å². The molecule has 0 unspecified atom stereocenters. The van der Waals surface area contributed by atoms with Crippen molar-refractivity contribution in [2.45, 2.75) is 0 Å². The van der Waals surface area contributed by atoms with Gasteiger partial charge in [0.15, 0.2) is 0 Å². The first-order chi connectivity index (χ1) is 9.18. The Hall–Kier alpha value is -0.620. The summed E-state index contributed by atoms with van der Waals surface area (Å²) in [6, 6.07) is 7.85. The maximum absolute atomic E-state index is 5.59. The zero-order valence-electron chi connectivity index (χ0n) is 11.7. The van der Waals surface area contributed by atoms with Crippen LogP contribution in [0.15, 0.2) is 28.7 Å². The van der Waals surface area contributed by atoms with Gasteiger partial charge in [-0.1, -0.05) is 15.9 Å². The molecular weight excluding hydrogens is 308 g/mol. The van der Waals surface area contributed by atoms with E-state index < -0.39 is 0 Å². The standard InChI is InChI=1S/C14H23BrN2O2/c1-17(2)9-12-18-10-7-16-8-11-19-14-5-3-13(15)4-6-14/h3-6,16H,7-12H2,1-2H3. The average Bonchev–Trinajstić information content (AvgIpc) is 2.38. The molecule has 0 bridgehead atoms. The second-order valence-corrected chi connectivity index (χ2v) is 5.38. The molecule has 5 heteroatoms. The van der Waals surface area contributed by atoms with Crippen LogP contribution in [0.2, 0.25) is 0 Å². The fraction of sp³-hybridized carbons (Fsp3) is 0.571. The van der Waals surface area contributed by atoms with Crippen LogP contribution < -0.4 is 10.1 Å². The third kappa shape index (κ3) is 8.99. The zero-order chi connectivity index (χ0) is 13.9. The Morgan fingerprint density at radius 1 is 1.05 bits per heavy atom. The third-order valence-electron chi connectivity index (χ3n) is 2.47. The van der Waals surface area contributed by atoms with Crippen LogP contribution in [0, 0.1) is 0 Å². The monoisotopic (exact) mass is 330 g/mol. The largest absolute Gasteiger partial charge is 0.492 e. The van der Waals surface area contributed by atoms with Crippen LogP contribution >= 0.6 is 15.9 Å². The molecule has 0 radical (unpaired) electrons. The van der Waals surface area contributed by atoms with Crippen LogP contribution in [-0.2, 0) is 4.74 Å². The fourth-order valence-corrected chi connectivity index (χ4v) is 1.65. The zero-order valence-corrected chi connectivity index (χ0v) is 13.3. The SMILES string of the molecule is CN(C)CCOCCNCCOc1ccc(Br)cc1. The van der Waals surface area contributed by atoms with Gasteiger partial charge in [-0.3, -0.25) is 0 Å². The van der Waals surface area contributed by atoms with E-state index in [-0.39, 0.29) is 0 Å². The molecule has 0 aromatic heterocycles. The van der Waals surface area contributed by atoms with E-state index in [0.717, 1.165) is 43.1 Å². The minimum atomic E-state index is 0.666. The second kappa shape index (κ2) is 10.2. The van der Waals surface area contributed by atoms with E-state index >= 15 is 0 Å². The maximum atomic E-state index is 5.59. The lowest BCUT2D eigenvalue weighted by Gasteiger charge is -2.10. The van der Waals surface area contributed by atoms with Crippen molar-refractivity contribution in [3.8, 4) is 5.75 Å². The van der Waals surface area contributed by atoms with Gasteiger partial charge in [0.05, 0.1) is 13.2 Å². The summed E-state index contributed by atoms with van der Waals surface area (Å²) < 4.78 is 12.1. The Kier molecular flexibility index (Phi) is 8.82. The van der Waals surface area contributed by atoms with E-state index in [0.29, 0.717) is 6.61 Å². The quantitative estimate of drug-likeness (QED) is 0.665. The number of nitrogens with zero attached hydrogens (tertiary/aromatic N) is 1. The highest BCUT2D eigenvalue weighted by atomic mass is 79.9. The highest BCUT2D eigenvalue weighted by Crippen LogP contribution is 2.15. The highest BCUT2D eigenvalue weighted by molar-refractivity contribution is 9.10. The Morgan fingerprint density at radius 2 is 1.74 bits per heavy atom. The number of hydrogen-bond donors (Lipinski definition) is 1. The van der Waals surface area contributed by atoms with Crippen molar-refractivity contribution in [3.05, 3.63) is 28.7 Å². The molecule has 0 fully saturated rings. The van der Waals surface area contributed by atoms with E-state index in [1.54, 1.807) is 0 Å². The van der Waals surface area contributed by atoms with E-state index in [1.807, 2.05) is 38.4 Å². The lowest BCUT2D eigenvalue weighted by molar-refractivity contribution is 0.118. The molecule has 0 saturated carbocycles. The van der Waals surface area contributed by atoms with Crippen LogP contribution in [0.1, 0.15) is 0 Å². The van der Waals surface area contributed by atoms with Crippen LogP contribution in [0.3, 0.4) is 0 Å². The normalized spacial score (nSPS) is 10.9. The van der Waals surface area contributed by atoms with Crippen molar-refractivity contribution in [3.63, 3.8) is 0 Å². The number of ether oxygens (including phenoxy) is 2. The summed E-state index contributed by atoms with van der Waals surface area (Å²) >= 11 is 3.39. The molecule has 0 spiro atoms. The topological polar surface area (TPSA) is 33.7 Å². The minimum absolute atomic E-state index is 0.666. The van der Waals surface area contributed by atoms with Crippen molar-refractivity contribution in [1.29, 1.82) is 0 Å². The number of likely N-dealkylation sites (N-methyl/N-ethyl adjacent to an activating group) is 1. The lowest BCUT2D eigenvalue weighted by Crippen LogP contribution is -2.26. The molecule has 1 aromatic rings. The average molecular weight is 331 g/mol. The predicted molar refractivity (Wildman–Crippen MR) is 81.9 cm³/mol. The Bertz CT molecular complexity index is 331. The van der Waals surface area contributed by atoms with Crippen molar-refractivity contribution in [2.75, 3.05) is 53.6 Å². The van der Waals surface area contributed by atoms with Crippen LogP contribution in [0.4, 0.5) is 0 Å². The summed E-state index contributed by atoms with van der Waals surface area (Å²) in [5.74, 6) is 0.896. The molecule has 0 aliphatic carbocycles. The molecule has 0 aliphatic rings. The second-order valence-electron chi connectivity index (χ2n) is 4.47. The number of rotatable bonds is 10. The van der Waals surface area contributed by atoms with Crippen LogP contribution in [0.5, 0.6) is 5.75 Å². The summed E-state index contributed by atoms with van der Waals surface area (Å²) in [6.07, 6.45) is 0. The van der Waals surface area contributed by atoms with Gasteiger partial charge in [-0.15, -0.1) is 0 Å². The number of hydrogen-bond acceptors (Lipinski definition) is 4. The third-order valence-corrected chi connectivity index (χ3v) is 3.00. The summed E-state index contributed by atoms with van der Waals surface area (Å²) in [5, 5.41) is 3.28. The van der Waals surface area contributed by atoms with Gasteiger partial charge in [-0.25, -0.2) is 0 Å². The highest BCUT2D eigenvalue weighted by Gasteiger charge is 1.94. The summed E-state index contributed by atoms with van der Waals surface area (Å²) in [6.45, 7) is 4.84. The minimum Gasteiger partial charge on any atom is -0.492 e. The molecule has 0 saturated heterocycles. The number of halogens is 1. The smallest absolute Gasteiger partial charge is 0.119 e. The lowest BCUT2D eigenvalue weighted by atomic mass is 10.3. The summed E-state index contributed by atoms with van der Waals surface area (Å²) in [5.41, 5.74) is 0. The Balaban J connectivity index is 1.90. The fourth-order valence-electron chi connectivity index (χ4n) is 1.39. The molecule has 0 amide bonds. The van der Waals surface area contributed by atoms with Crippen molar-refractivity contribution in [1.82, 2.24) is 10.2 Å². The van der Waals surface area contributed by atoms with Gasteiger partial charge in [-0.2, -0.15) is 0 Å². The predicted octanol–water partition coefficient (Wildman–Crippen LogP) is 2.00. The Morgan fingerprint density at radius 3 is 2.42 bits per heavy atom. The van der Waals surface area contributed by atoms with Crippen molar-refractivity contribution in [2.24, 2.45) is 0 Å². The number of nitrogens with one attached hydrogen (secondary N) is 1. The summed E-state index contributed by atoms with van der Waals surface area (Å²) in [4.78, 5) is 2.11. The van der Waals surface area contributed by atoms with Gasteiger partial charge in [0.2, 0.25) is 0 Å². The molecule has 108 valence electrons. The van der Waals surface area contributed by atoms with Gasteiger partial charge >= 0.3 is 0 Å². The van der Waals surface area contributed by atoms with E-state index in [4.69, 9.17) is 9.47 Å². The van der Waals surface area contributed by atoms with Gasteiger partial charge in [-0.05, 0) is 38.4 Å². The van der Waals surface area contributed by atoms with E-state index in [9.17, 15) is 0 Å². The molecule has 1 rings (SSSR count). The molecule has 19 heavy (non-hydrogen) atoms. The maximum Gasteiger partial charge on any atom is 0.119 e. The van der Waals surface area contributed by atoms with Crippen molar-refractivity contribution < 1.29 is 9.47 Å². The van der Waals surface area contributed by atoms with Crippen molar-refractivity contribution >= 4 is 15.9 Å². The molecule has 0 atom stereocenters. The Labute approximate surface area is 124 Å². The first kappa shape index (κ1) is 16.4. The van der Waals surface area contributed by atoms with Gasteiger partial charge in [0.25, 0.3) is 0 Å². The molecule has 0 heterocycles. The molecule has 0 aliphatic heterocycles. The first-order valence-corrected chi connectivity index (χ1v) is 7.29. The molecule has 4 nitrogen and oxygen atoms in total. The summed E-state index contributed by atoms with van der Waals surface area (Å²) in [7, 11) is 4.09. The van der Waals surface area contributed by atoms with E-state index in [1.165, 1.54) is 0 Å². The van der Waals surface area contributed by atoms with Gasteiger partial charge < -0.3 is 19.7 Å². The van der Waals surface area contributed by atoms with E-state index in [2.05, 4.69) is 26.1 Å². The van der Waals surface area contributed by atoms with Crippen LogP contribution in [-0.4, -0.2) is 58.5 Å². The van der Waals surface area contributed by atoms with Gasteiger partial charge in [0, 0.05) is 24.1 Å². The first-order valence-electron chi connectivity index (χ1n) is 6.50.